The first-order chi connectivity index (χ1) is 10.0. The summed E-state index contributed by atoms with van der Waals surface area (Å²) in [6, 6.07) is 4.93. The SMILES string of the molecule is NNC(=O)c1ccc(CN2C(=O)CCCCC2=O)c(Br)c1. The van der Waals surface area contributed by atoms with Crippen LogP contribution in [0.4, 0.5) is 0 Å². The average molecular weight is 354 g/mol. The van der Waals surface area contributed by atoms with Crippen molar-refractivity contribution in [2.24, 2.45) is 5.84 Å². The van der Waals surface area contributed by atoms with Crippen LogP contribution in [0, 0.1) is 0 Å². The van der Waals surface area contributed by atoms with Crippen molar-refractivity contribution in [3.63, 3.8) is 0 Å². The molecule has 3 N–H and O–H groups in total. The molecule has 21 heavy (non-hydrogen) atoms. The van der Waals surface area contributed by atoms with Gasteiger partial charge in [-0.3, -0.25) is 24.7 Å². The standard InChI is InChI=1S/C14H16BrN3O3/c15-11-7-9(14(21)17-16)5-6-10(11)8-18-12(19)3-1-2-4-13(18)20/h5-7H,1-4,8,16H2,(H,17,21). The zero-order valence-corrected chi connectivity index (χ0v) is 13.0. The zero-order valence-electron chi connectivity index (χ0n) is 11.4. The summed E-state index contributed by atoms with van der Waals surface area (Å²) < 4.78 is 0.661. The van der Waals surface area contributed by atoms with Crippen LogP contribution in [0.25, 0.3) is 0 Å². The molecule has 112 valence electrons. The summed E-state index contributed by atoms with van der Waals surface area (Å²) in [6.07, 6.45) is 2.30. The predicted molar refractivity (Wildman–Crippen MR) is 79.8 cm³/mol. The fourth-order valence-electron chi connectivity index (χ4n) is 2.21. The van der Waals surface area contributed by atoms with Crippen molar-refractivity contribution >= 4 is 33.7 Å². The lowest BCUT2D eigenvalue weighted by molar-refractivity contribution is -0.144. The van der Waals surface area contributed by atoms with E-state index < -0.39 is 5.91 Å². The van der Waals surface area contributed by atoms with Gasteiger partial charge in [-0.05, 0) is 30.5 Å². The summed E-state index contributed by atoms with van der Waals surface area (Å²) in [6.45, 7) is 0.211. The molecule has 1 aliphatic rings. The van der Waals surface area contributed by atoms with E-state index in [4.69, 9.17) is 5.84 Å². The van der Waals surface area contributed by atoms with Crippen LogP contribution < -0.4 is 11.3 Å². The Labute approximate surface area is 130 Å². The molecule has 1 saturated heterocycles. The monoisotopic (exact) mass is 353 g/mol. The average Bonchev–Trinajstić information content (AvgIpc) is 2.63. The second-order valence-corrected chi connectivity index (χ2v) is 5.71. The number of hydrogen-bond donors (Lipinski definition) is 2. The van der Waals surface area contributed by atoms with Gasteiger partial charge in [-0.1, -0.05) is 22.0 Å². The molecule has 0 spiro atoms. The van der Waals surface area contributed by atoms with E-state index in [-0.39, 0.29) is 18.4 Å². The highest BCUT2D eigenvalue weighted by molar-refractivity contribution is 9.10. The Kier molecular flexibility index (Phi) is 5.08. The number of carbonyl (C=O) groups is 3. The minimum absolute atomic E-state index is 0.145. The summed E-state index contributed by atoms with van der Waals surface area (Å²) in [7, 11) is 0. The number of imide groups is 1. The van der Waals surface area contributed by atoms with Crippen molar-refractivity contribution in [2.75, 3.05) is 0 Å². The van der Waals surface area contributed by atoms with Crippen molar-refractivity contribution in [3.8, 4) is 0 Å². The van der Waals surface area contributed by atoms with Gasteiger partial charge in [0.2, 0.25) is 11.8 Å². The number of hydrazine groups is 1. The smallest absolute Gasteiger partial charge is 0.265 e. The zero-order chi connectivity index (χ0) is 15.4. The minimum atomic E-state index is -0.399. The van der Waals surface area contributed by atoms with Gasteiger partial charge < -0.3 is 0 Å². The van der Waals surface area contributed by atoms with Gasteiger partial charge in [-0.25, -0.2) is 5.84 Å². The molecular formula is C14H16BrN3O3. The molecule has 0 atom stereocenters. The van der Waals surface area contributed by atoms with E-state index in [0.29, 0.717) is 22.9 Å². The second-order valence-electron chi connectivity index (χ2n) is 4.86. The number of rotatable bonds is 3. The van der Waals surface area contributed by atoms with E-state index >= 15 is 0 Å². The first kappa shape index (κ1) is 15.7. The molecule has 1 aromatic carbocycles. The highest BCUT2D eigenvalue weighted by Crippen LogP contribution is 2.22. The van der Waals surface area contributed by atoms with Crippen molar-refractivity contribution in [2.45, 2.75) is 32.2 Å². The van der Waals surface area contributed by atoms with E-state index in [9.17, 15) is 14.4 Å². The number of halogens is 1. The number of hydrogen-bond acceptors (Lipinski definition) is 4. The summed E-state index contributed by atoms with van der Waals surface area (Å²) in [5, 5.41) is 0. The molecule has 1 heterocycles. The number of amides is 3. The van der Waals surface area contributed by atoms with E-state index in [1.807, 2.05) is 0 Å². The lowest BCUT2D eigenvalue weighted by atomic mass is 10.1. The van der Waals surface area contributed by atoms with Crippen LogP contribution in [0.3, 0.4) is 0 Å². The lowest BCUT2D eigenvalue weighted by Crippen LogP contribution is -2.34. The Morgan fingerprint density at radius 1 is 1.24 bits per heavy atom. The Morgan fingerprint density at radius 2 is 1.86 bits per heavy atom. The third-order valence-electron chi connectivity index (χ3n) is 3.41. The van der Waals surface area contributed by atoms with Crippen LogP contribution in [0.5, 0.6) is 0 Å². The lowest BCUT2D eigenvalue weighted by Gasteiger charge is -2.19. The van der Waals surface area contributed by atoms with Gasteiger partial charge in [0.1, 0.15) is 0 Å². The van der Waals surface area contributed by atoms with E-state index in [1.165, 1.54) is 4.90 Å². The summed E-state index contributed by atoms with van der Waals surface area (Å²) in [5.41, 5.74) is 3.23. The van der Waals surface area contributed by atoms with Crippen molar-refractivity contribution in [1.29, 1.82) is 0 Å². The molecule has 7 heteroatoms. The molecule has 0 saturated carbocycles. The van der Waals surface area contributed by atoms with Crippen LogP contribution in [-0.4, -0.2) is 22.6 Å². The topological polar surface area (TPSA) is 92.5 Å². The van der Waals surface area contributed by atoms with Gasteiger partial charge in [0.15, 0.2) is 0 Å². The Balaban J connectivity index is 2.20. The van der Waals surface area contributed by atoms with E-state index in [1.54, 1.807) is 18.2 Å². The summed E-state index contributed by atoms with van der Waals surface area (Å²) in [4.78, 5) is 36.7. The second kappa shape index (κ2) is 6.82. The van der Waals surface area contributed by atoms with Crippen LogP contribution in [0.15, 0.2) is 22.7 Å². The summed E-state index contributed by atoms with van der Waals surface area (Å²) >= 11 is 3.36. The molecule has 0 aromatic heterocycles. The molecular weight excluding hydrogens is 338 g/mol. The molecule has 0 radical (unpaired) electrons. The maximum absolute atomic E-state index is 12.0. The quantitative estimate of drug-likeness (QED) is 0.372. The molecule has 1 aliphatic heterocycles. The third-order valence-corrected chi connectivity index (χ3v) is 4.15. The maximum atomic E-state index is 12.0. The number of likely N-dealkylation sites (tertiary alicyclic amines) is 1. The van der Waals surface area contributed by atoms with Gasteiger partial charge in [0.25, 0.3) is 5.91 Å². The van der Waals surface area contributed by atoms with Crippen molar-refractivity contribution in [1.82, 2.24) is 10.3 Å². The number of benzene rings is 1. The highest BCUT2D eigenvalue weighted by atomic mass is 79.9. The van der Waals surface area contributed by atoms with Gasteiger partial charge in [0.05, 0.1) is 6.54 Å². The van der Waals surface area contributed by atoms with Crippen LogP contribution in [-0.2, 0) is 16.1 Å². The molecule has 0 aliphatic carbocycles. The molecule has 6 nitrogen and oxygen atoms in total. The molecule has 1 aromatic rings. The number of nitrogens with two attached hydrogens (primary N) is 1. The highest BCUT2D eigenvalue weighted by Gasteiger charge is 2.24. The molecule has 2 rings (SSSR count). The Hall–Kier alpha value is -1.73. The number of carbonyl (C=O) groups excluding carboxylic acids is 3. The fraction of sp³-hybridized carbons (Fsp3) is 0.357. The first-order valence-corrected chi connectivity index (χ1v) is 7.45. The van der Waals surface area contributed by atoms with Crippen LogP contribution in [0.1, 0.15) is 41.6 Å². The molecule has 1 fully saturated rings. The number of nitrogens with one attached hydrogen (secondary N) is 1. The van der Waals surface area contributed by atoms with Gasteiger partial charge >= 0.3 is 0 Å². The van der Waals surface area contributed by atoms with Gasteiger partial charge in [-0.2, -0.15) is 0 Å². The van der Waals surface area contributed by atoms with Crippen molar-refractivity contribution < 1.29 is 14.4 Å². The first-order valence-electron chi connectivity index (χ1n) is 6.65. The predicted octanol–water partition coefficient (Wildman–Crippen LogP) is 1.48. The van der Waals surface area contributed by atoms with E-state index in [2.05, 4.69) is 21.4 Å². The maximum Gasteiger partial charge on any atom is 0.265 e. The third kappa shape index (κ3) is 3.68. The molecule has 3 amide bonds. The Bertz CT molecular complexity index is 571. The largest absolute Gasteiger partial charge is 0.290 e. The molecule has 0 unspecified atom stereocenters. The van der Waals surface area contributed by atoms with Crippen molar-refractivity contribution in [3.05, 3.63) is 33.8 Å². The Morgan fingerprint density at radius 3 is 2.38 bits per heavy atom. The summed E-state index contributed by atoms with van der Waals surface area (Å²) in [5.74, 6) is 4.39. The van der Waals surface area contributed by atoms with Gasteiger partial charge in [0, 0.05) is 22.9 Å². The normalized spacial score (nSPS) is 15.8. The minimum Gasteiger partial charge on any atom is -0.290 e. The number of nitrogen functional groups attached to an aromatic ring is 1. The van der Waals surface area contributed by atoms with E-state index in [0.717, 1.165) is 18.4 Å². The molecule has 0 bridgehead atoms. The number of nitrogens with zero attached hydrogens (tertiary/aromatic N) is 1. The van der Waals surface area contributed by atoms with Crippen LogP contribution >= 0.6 is 15.9 Å². The van der Waals surface area contributed by atoms with Crippen LogP contribution in [0.2, 0.25) is 0 Å². The fourth-order valence-corrected chi connectivity index (χ4v) is 2.71. The van der Waals surface area contributed by atoms with Gasteiger partial charge in [-0.15, -0.1) is 0 Å².